The van der Waals surface area contributed by atoms with E-state index in [0.29, 0.717) is 11.4 Å². The predicted molar refractivity (Wildman–Crippen MR) is 176 cm³/mol. The number of carbonyl (C=O) groups excluding carboxylic acids is 2. The predicted octanol–water partition coefficient (Wildman–Crippen LogP) is 7.48. The zero-order valence-electron chi connectivity index (χ0n) is 26.2. The van der Waals surface area contributed by atoms with E-state index in [1.807, 2.05) is 121 Å². The minimum absolute atomic E-state index is 0.534. The highest BCUT2D eigenvalue weighted by molar-refractivity contribution is 6.15. The topological polar surface area (TPSA) is 77.3 Å². The Bertz CT molecular complexity index is 1380. The van der Waals surface area contributed by atoms with Crippen molar-refractivity contribution in [2.24, 2.45) is 9.98 Å². The number of hydrogen-bond acceptors (Lipinski definition) is 6. The summed E-state index contributed by atoms with van der Waals surface area (Å²) in [6.07, 6.45) is 0. The Labute approximate surface area is 260 Å². The van der Waals surface area contributed by atoms with Crippen LogP contribution in [0.25, 0.3) is 0 Å². The molecule has 0 saturated heterocycles. The minimum atomic E-state index is -1.36. The number of benzene rings is 4. The van der Waals surface area contributed by atoms with E-state index in [4.69, 9.17) is 19.5 Å². The largest absolute Gasteiger partial charge is 0.458 e. The van der Waals surface area contributed by atoms with Crippen LogP contribution in [0.3, 0.4) is 0 Å². The molecule has 6 heteroatoms. The maximum absolute atomic E-state index is 14.1. The molecule has 0 aromatic heterocycles. The molecule has 0 bridgehead atoms. The van der Waals surface area contributed by atoms with Crippen molar-refractivity contribution < 1.29 is 19.1 Å². The monoisotopic (exact) mass is 588 g/mol. The second kappa shape index (κ2) is 14.1. The van der Waals surface area contributed by atoms with Gasteiger partial charge in [-0.25, -0.2) is 9.59 Å². The Morgan fingerprint density at radius 1 is 0.455 bits per heavy atom. The van der Waals surface area contributed by atoms with Crippen molar-refractivity contribution in [1.29, 1.82) is 0 Å². The van der Waals surface area contributed by atoms with Gasteiger partial charge in [-0.1, -0.05) is 121 Å². The Hall–Kier alpha value is -4.84. The van der Waals surface area contributed by atoms with Crippen molar-refractivity contribution in [2.45, 2.75) is 64.8 Å². The van der Waals surface area contributed by atoms with Gasteiger partial charge in [0.15, 0.2) is 12.1 Å². The molecular formula is C38H40N2O4. The van der Waals surface area contributed by atoms with E-state index in [-0.39, 0.29) is 0 Å². The maximum atomic E-state index is 14.1. The molecule has 0 heterocycles. The van der Waals surface area contributed by atoms with Crippen LogP contribution in [0.1, 0.15) is 63.8 Å². The fourth-order valence-electron chi connectivity index (χ4n) is 4.52. The summed E-state index contributed by atoms with van der Waals surface area (Å²) < 4.78 is 11.8. The van der Waals surface area contributed by atoms with Crippen LogP contribution >= 0.6 is 0 Å². The molecule has 4 rings (SSSR count). The van der Waals surface area contributed by atoms with Gasteiger partial charge in [0, 0.05) is 22.3 Å². The number of carbonyl (C=O) groups is 2. The van der Waals surface area contributed by atoms with Crippen molar-refractivity contribution in [2.75, 3.05) is 0 Å². The lowest BCUT2D eigenvalue weighted by molar-refractivity contribution is -0.165. The standard InChI is InChI=1S/C38H40N2O4/c1-37(2,3)43-35(41)33(39-31(27-19-11-7-12-20-27)28-21-13-8-14-22-28)34(36(42)44-38(4,5)6)40-32(29-23-15-9-16-24-29)30-25-17-10-18-26-30/h7-26,33-34H,1-6H3. The normalized spacial score (nSPS) is 12.8. The molecule has 0 aliphatic heterocycles. The molecular weight excluding hydrogens is 548 g/mol. The van der Waals surface area contributed by atoms with Crippen LogP contribution in [0, 0.1) is 0 Å². The van der Waals surface area contributed by atoms with Crippen molar-refractivity contribution in [1.82, 2.24) is 0 Å². The van der Waals surface area contributed by atoms with Crippen LogP contribution in [0.4, 0.5) is 0 Å². The van der Waals surface area contributed by atoms with E-state index in [2.05, 4.69) is 0 Å². The molecule has 0 aliphatic carbocycles. The average molecular weight is 589 g/mol. The van der Waals surface area contributed by atoms with Crippen LogP contribution in [0.15, 0.2) is 131 Å². The van der Waals surface area contributed by atoms with Gasteiger partial charge in [0.2, 0.25) is 0 Å². The number of nitrogens with zero attached hydrogens (tertiary/aromatic N) is 2. The first-order valence-corrected chi connectivity index (χ1v) is 14.7. The van der Waals surface area contributed by atoms with Crippen LogP contribution < -0.4 is 0 Å². The number of rotatable bonds is 9. The van der Waals surface area contributed by atoms with Crippen LogP contribution in [0.2, 0.25) is 0 Å². The summed E-state index contributed by atoms with van der Waals surface area (Å²) in [5.74, 6) is -1.36. The average Bonchev–Trinajstić information content (AvgIpc) is 2.99. The molecule has 0 aliphatic rings. The van der Waals surface area contributed by atoms with Crippen molar-refractivity contribution in [3.63, 3.8) is 0 Å². The Balaban J connectivity index is 2.02. The third-order valence-corrected chi connectivity index (χ3v) is 6.32. The summed E-state index contributed by atoms with van der Waals surface area (Å²) in [4.78, 5) is 38.3. The molecule has 0 spiro atoms. The minimum Gasteiger partial charge on any atom is -0.458 e. The summed E-state index contributed by atoms with van der Waals surface area (Å²) in [6, 6.07) is 35.5. The quantitative estimate of drug-likeness (QED) is 0.150. The van der Waals surface area contributed by atoms with Gasteiger partial charge in [-0.2, -0.15) is 0 Å². The van der Waals surface area contributed by atoms with Gasteiger partial charge in [-0.05, 0) is 41.5 Å². The SMILES string of the molecule is CC(C)(C)OC(=O)C(N=C(c1ccccc1)c1ccccc1)C(N=C(c1ccccc1)c1ccccc1)C(=O)OC(C)(C)C. The van der Waals surface area contributed by atoms with Gasteiger partial charge in [-0.3, -0.25) is 9.98 Å². The van der Waals surface area contributed by atoms with Gasteiger partial charge in [-0.15, -0.1) is 0 Å². The van der Waals surface area contributed by atoms with Gasteiger partial charge < -0.3 is 9.47 Å². The fraction of sp³-hybridized carbons (Fsp3) is 0.263. The first kappa shape index (κ1) is 32.1. The lowest BCUT2D eigenvalue weighted by Crippen LogP contribution is -2.45. The Morgan fingerprint density at radius 3 is 0.886 bits per heavy atom. The summed E-state index contributed by atoms with van der Waals surface area (Å²) in [5.41, 5.74) is 2.52. The Kier molecular flexibility index (Phi) is 10.3. The maximum Gasteiger partial charge on any atom is 0.334 e. The lowest BCUT2D eigenvalue weighted by Gasteiger charge is -2.28. The van der Waals surface area contributed by atoms with Crippen molar-refractivity contribution >= 4 is 23.4 Å². The molecule has 226 valence electrons. The summed E-state index contributed by atoms with van der Waals surface area (Å²) in [6.45, 7) is 10.7. The van der Waals surface area contributed by atoms with Crippen LogP contribution in [-0.2, 0) is 19.1 Å². The van der Waals surface area contributed by atoms with Crippen LogP contribution in [0.5, 0.6) is 0 Å². The van der Waals surface area contributed by atoms with E-state index >= 15 is 0 Å². The zero-order chi connectivity index (χ0) is 31.7. The first-order valence-electron chi connectivity index (χ1n) is 14.7. The number of esters is 2. The van der Waals surface area contributed by atoms with Gasteiger partial charge in [0.1, 0.15) is 11.2 Å². The second-order valence-electron chi connectivity index (χ2n) is 12.4. The molecule has 0 amide bonds. The Morgan fingerprint density at radius 2 is 0.682 bits per heavy atom. The molecule has 0 radical (unpaired) electrons. The first-order chi connectivity index (χ1) is 20.9. The zero-order valence-corrected chi connectivity index (χ0v) is 26.2. The van der Waals surface area contributed by atoms with Crippen molar-refractivity contribution in [3.8, 4) is 0 Å². The van der Waals surface area contributed by atoms with E-state index in [1.165, 1.54) is 0 Å². The molecule has 0 N–H and O–H groups in total. The summed E-state index contributed by atoms with van der Waals surface area (Å²) in [5, 5.41) is 0. The molecule has 4 aromatic rings. The number of ether oxygens (including phenoxy) is 2. The number of aliphatic imine (C=N–C) groups is 2. The third-order valence-electron chi connectivity index (χ3n) is 6.32. The third kappa shape index (κ3) is 9.08. The number of hydrogen-bond donors (Lipinski definition) is 0. The highest BCUT2D eigenvalue weighted by Crippen LogP contribution is 2.23. The molecule has 6 nitrogen and oxygen atoms in total. The highest BCUT2D eigenvalue weighted by Gasteiger charge is 2.40. The smallest absolute Gasteiger partial charge is 0.334 e. The molecule has 0 fully saturated rings. The van der Waals surface area contributed by atoms with E-state index in [9.17, 15) is 9.59 Å². The van der Waals surface area contributed by atoms with E-state index in [0.717, 1.165) is 22.3 Å². The van der Waals surface area contributed by atoms with Gasteiger partial charge in [0.05, 0.1) is 11.4 Å². The van der Waals surface area contributed by atoms with Gasteiger partial charge >= 0.3 is 11.9 Å². The van der Waals surface area contributed by atoms with E-state index in [1.54, 1.807) is 41.5 Å². The molecule has 2 unspecified atom stereocenters. The van der Waals surface area contributed by atoms with Crippen LogP contribution in [-0.4, -0.2) is 46.6 Å². The summed E-state index contributed by atoms with van der Waals surface area (Å²) in [7, 11) is 0. The molecule has 4 aromatic carbocycles. The summed E-state index contributed by atoms with van der Waals surface area (Å²) >= 11 is 0. The molecule has 0 saturated carbocycles. The molecule has 2 atom stereocenters. The lowest BCUT2D eigenvalue weighted by atomic mass is 9.99. The molecule has 44 heavy (non-hydrogen) atoms. The van der Waals surface area contributed by atoms with Crippen molar-refractivity contribution in [3.05, 3.63) is 144 Å². The highest BCUT2D eigenvalue weighted by atomic mass is 16.6. The fourth-order valence-corrected chi connectivity index (χ4v) is 4.52. The second-order valence-corrected chi connectivity index (χ2v) is 12.4. The van der Waals surface area contributed by atoms with E-state index < -0.39 is 35.2 Å². The van der Waals surface area contributed by atoms with Gasteiger partial charge in [0.25, 0.3) is 0 Å².